The van der Waals surface area contributed by atoms with Gasteiger partial charge in [-0.25, -0.2) is 0 Å². The average molecular weight is 338 g/mol. The number of benzene rings is 2. The van der Waals surface area contributed by atoms with Crippen LogP contribution in [-0.2, 0) is 11.2 Å². The van der Waals surface area contributed by atoms with E-state index < -0.39 is 5.92 Å². The molecule has 0 bridgehead atoms. The molecule has 0 unspecified atom stereocenters. The van der Waals surface area contributed by atoms with Gasteiger partial charge in [-0.3, -0.25) is 4.79 Å². The maximum Gasteiger partial charge on any atom is 0.242 e. The summed E-state index contributed by atoms with van der Waals surface area (Å²) in [6, 6.07) is 13.2. The van der Waals surface area contributed by atoms with Crippen LogP contribution in [0.25, 0.3) is 0 Å². The highest BCUT2D eigenvalue weighted by Gasteiger charge is 2.21. The monoisotopic (exact) mass is 338 g/mol. The standard InChI is InChI=1S/C20H22N2O3/c1-13-5-7-18(14(2)9-13)22-20(23)16(12-21)10-15-11-17(24-3)6-8-19(15)25-4/h5-9,11,16H,10H2,1-4H3,(H,22,23)/t16-/m0/s1. The molecule has 0 radical (unpaired) electrons. The van der Waals surface area contributed by atoms with Gasteiger partial charge in [-0.1, -0.05) is 17.7 Å². The molecule has 5 nitrogen and oxygen atoms in total. The van der Waals surface area contributed by atoms with Crippen LogP contribution in [-0.4, -0.2) is 20.1 Å². The molecule has 0 spiro atoms. The van der Waals surface area contributed by atoms with E-state index in [9.17, 15) is 10.1 Å². The highest BCUT2D eigenvalue weighted by Crippen LogP contribution is 2.27. The van der Waals surface area contributed by atoms with Crippen molar-refractivity contribution in [1.82, 2.24) is 0 Å². The molecule has 0 saturated carbocycles. The predicted molar refractivity (Wildman–Crippen MR) is 96.9 cm³/mol. The molecule has 1 amide bonds. The number of methoxy groups -OCH3 is 2. The first-order chi connectivity index (χ1) is 12.0. The average Bonchev–Trinajstić information content (AvgIpc) is 2.61. The number of hydrogen-bond acceptors (Lipinski definition) is 4. The Morgan fingerprint density at radius 2 is 1.92 bits per heavy atom. The van der Waals surface area contributed by atoms with Crippen LogP contribution in [0.1, 0.15) is 16.7 Å². The Balaban J connectivity index is 2.19. The highest BCUT2D eigenvalue weighted by molar-refractivity contribution is 5.95. The van der Waals surface area contributed by atoms with Gasteiger partial charge >= 0.3 is 0 Å². The van der Waals surface area contributed by atoms with Crippen LogP contribution in [0.5, 0.6) is 11.5 Å². The van der Waals surface area contributed by atoms with Crippen LogP contribution in [0, 0.1) is 31.1 Å². The number of nitrogens with one attached hydrogen (secondary N) is 1. The lowest BCUT2D eigenvalue weighted by Crippen LogP contribution is -2.24. The zero-order chi connectivity index (χ0) is 18.4. The number of amides is 1. The van der Waals surface area contributed by atoms with Crippen molar-refractivity contribution in [3.8, 4) is 17.6 Å². The summed E-state index contributed by atoms with van der Waals surface area (Å²) in [7, 11) is 3.13. The van der Waals surface area contributed by atoms with E-state index in [1.54, 1.807) is 32.4 Å². The summed E-state index contributed by atoms with van der Waals surface area (Å²) in [6.07, 6.45) is 0.244. The second-order valence-corrected chi connectivity index (χ2v) is 5.87. The van der Waals surface area contributed by atoms with E-state index in [1.807, 2.05) is 32.0 Å². The quantitative estimate of drug-likeness (QED) is 0.873. The largest absolute Gasteiger partial charge is 0.497 e. The summed E-state index contributed by atoms with van der Waals surface area (Å²) in [5, 5.41) is 12.3. The molecular formula is C20H22N2O3. The van der Waals surface area contributed by atoms with Gasteiger partial charge in [-0.05, 0) is 49.2 Å². The van der Waals surface area contributed by atoms with Crippen molar-refractivity contribution in [2.75, 3.05) is 19.5 Å². The molecule has 0 aromatic heterocycles. The van der Waals surface area contributed by atoms with Crippen LogP contribution in [0.2, 0.25) is 0 Å². The molecule has 25 heavy (non-hydrogen) atoms. The smallest absolute Gasteiger partial charge is 0.242 e. The number of carbonyl (C=O) groups excluding carboxylic acids is 1. The van der Waals surface area contributed by atoms with Crippen molar-refractivity contribution in [2.24, 2.45) is 5.92 Å². The van der Waals surface area contributed by atoms with Crippen molar-refractivity contribution in [1.29, 1.82) is 5.26 Å². The minimum atomic E-state index is -0.832. The van der Waals surface area contributed by atoms with Crippen molar-refractivity contribution < 1.29 is 14.3 Å². The molecule has 5 heteroatoms. The molecule has 2 aromatic rings. The lowest BCUT2D eigenvalue weighted by atomic mass is 9.98. The first-order valence-corrected chi connectivity index (χ1v) is 7.97. The molecule has 2 rings (SSSR count). The van der Waals surface area contributed by atoms with Gasteiger partial charge in [0.15, 0.2) is 0 Å². The summed E-state index contributed by atoms with van der Waals surface area (Å²) in [5.74, 6) is 0.115. The van der Waals surface area contributed by atoms with Crippen LogP contribution in [0.15, 0.2) is 36.4 Å². The van der Waals surface area contributed by atoms with Gasteiger partial charge < -0.3 is 14.8 Å². The third-order valence-corrected chi connectivity index (χ3v) is 4.02. The van der Waals surface area contributed by atoms with Crippen LogP contribution in [0.4, 0.5) is 5.69 Å². The number of aryl methyl sites for hydroxylation is 2. The van der Waals surface area contributed by atoms with E-state index in [1.165, 1.54) is 0 Å². The molecule has 2 aromatic carbocycles. The van der Waals surface area contributed by atoms with Crippen LogP contribution >= 0.6 is 0 Å². The summed E-state index contributed by atoms with van der Waals surface area (Å²) in [5.41, 5.74) is 3.55. The van der Waals surface area contributed by atoms with Gasteiger partial charge in [0.2, 0.25) is 5.91 Å². The molecule has 0 aliphatic rings. The summed E-state index contributed by atoms with van der Waals surface area (Å²) in [4.78, 5) is 12.5. The summed E-state index contributed by atoms with van der Waals surface area (Å²) < 4.78 is 10.5. The number of hydrogen-bond donors (Lipinski definition) is 1. The van der Waals surface area contributed by atoms with E-state index in [0.29, 0.717) is 17.2 Å². The van der Waals surface area contributed by atoms with Crippen molar-refractivity contribution in [3.05, 3.63) is 53.1 Å². The van der Waals surface area contributed by atoms with Gasteiger partial charge in [-0.15, -0.1) is 0 Å². The Kier molecular flexibility index (Phi) is 6.02. The third-order valence-electron chi connectivity index (χ3n) is 4.02. The predicted octanol–water partition coefficient (Wildman–Crippen LogP) is 3.64. The molecule has 0 heterocycles. The van der Waals surface area contributed by atoms with Crippen molar-refractivity contribution in [2.45, 2.75) is 20.3 Å². The number of anilines is 1. The SMILES string of the molecule is COc1ccc(OC)c(C[C@@H](C#N)C(=O)Nc2ccc(C)cc2C)c1. The molecule has 0 saturated heterocycles. The number of rotatable bonds is 6. The van der Waals surface area contributed by atoms with Gasteiger partial charge in [0.05, 0.1) is 20.3 Å². The second kappa shape index (κ2) is 8.20. The maximum atomic E-state index is 12.5. The third kappa shape index (κ3) is 4.51. The van der Waals surface area contributed by atoms with Crippen LogP contribution in [0.3, 0.4) is 0 Å². The first-order valence-electron chi connectivity index (χ1n) is 7.97. The molecule has 1 N–H and O–H groups in total. The van der Waals surface area contributed by atoms with E-state index in [-0.39, 0.29) is 12.3 Å². The zero-order valence-corrected chi connectivity index (χ0v) is 14.9. The lowest BCUT2D eigenvalue weighted by molar-refractivity contribution is -0.118. The second-order valence-electron chi connectivity index (χ2n) is 5.87. The Morgan fingerprint density at radius 3 is 2.52 bits per heavy atom. The molecule has 0 aliphatic heterocycles. The minimum Gasteiger partial charge on any atom is -0.497 e. The fraction of sp³-hybridized carbons (Fsp3) is 0.300. The Bertz CT molecular complexity index is 809. The van der Waals surface area contributed by atoms with E-state index in [0.717, 1.165) is 16.7 Å². The first kappa shape index (κ1) is 18.3. The summed E-state index contributed by atoms with van der Waals surface area (Å²) >= 11 is 0. The Hall–Kier alpha value is -3.00. The molecule has 130 valence electrons. The van der Waals surface area contributed by atoms with E-state index >= 15 is 0 Å². The zero-order valence-electron chi connectivity index (χ0n) is 14.9. The summed E-state index contributed by atoms with van der Waals surface area (Å²) in [6.45, 7) is 3.92. The minimum absolute atomic E-state index is 0.244. The number of ether oxygens (including phenoxy) is 2. The van der Waals surface area contributed by atoms with Crippen LogP contribution < -0.4 is 14.8 Å². The molecule has 0 aliphatic carbocycles. The number of carbonyl (C=O) groups is 1. The van der Waals surface area contributed by atoms with E-state index in [4.69, 9.17) is 9.47 Å². The fourth-order valence-corrected chi connectivity index (χ4v) is 2.63. The molecular weight excluding hydrogens is 316 g/mol. The fourth-order valence-electron chi connectivity index (χ4n) is 2.63. The van der Waals surface area contributed by atoms with Gasteiger partial charge in [0.25, 0.3) is 0 Å². The van der Waals surface area contributed by atoms with Gasteiger partial charge in [0, 0.05) is 12.1 Å². The Labute approximate surface area is 148 Å². The van der Waals surface area contributed by atoms with Gasteiger partial charge in [-0.2, -0.15) is 5.26 Å². The van der Waals surface area contributed by atoms with Crippen molar-refractivity contribution in [3.63, 3.8) is 0 Å². The number of nitriles is 1. The molecule has 0 fully saturated rings. The lowest BCUT2D eigenvalue weighted by Gasteiger charge is -2.15. The normalized spacial score (nSPS) is 11.3. The Morgan fingerprint density at radius 1 is 1.16 bits per heavy atom. The van der Waals surface area contributed by atoms with Gasteiger partial charge in [0.1, 0.15) is 17.4 Å². The molecule has 1 atom stereocenters. The number of nitrogens with zero attached hydrogens (tertiary/aromatic N) is 1. The topological polar surface area (TPSA) is 71.3 Å². The van der Waals surface area contributed by atoms with E-state index in [2.05, 4.69) is 11.4 Å². The van der Waals surface area contributed by atoms with Crippen molar-refractivity contribution >= 4 is 11.6 Å². The highest BCUT2D eigenvalue weighted by atomic mass is 16.5. The maximum absolute atomic E-state index is 12.5.